The Morgan fingerprint density at radius 2 is 1.89 bits per heavy atom. The van der Waals surface area contributed by atoms with E-state index in [9.17, 15) is 16.8 Å². The van der Waals surface area contributed by atoms with Crippen molar-refractivity contribution < 1.29 is 21.6 Å². The number of halogens is 1. The highest BCUT2D eigenvalue weighted by Gasteiger charge is 2.20. The van der Waals surface area contributed by atoms with Gasteiger partial charge in [-0.2, -0.15) is 0 Å². The topological polar surface area (TPSA) is 102 Å². The first kappa shape index (κ1) is 20.8. The van der Waals surface area contributed by atoms with E-state index < -0.39 is 19.9 Å². The van der Waals surface area contributed by atoms with Crippen LogP contribution in [-0.4, -0.2) is 34.7 Å². The number of sulfone groups is 1. The molecule has 0 aliphatic rings. The zero-order valence-electron chi connectivity index (χ0n) is 15.0. The lowest BCUT2D eigenvalue weighted by atomic mass is 10.3. The van der Waals surface area contributed by atoms with Crippen LogP contribution in [0.3, 0.4) is 0 Å². The second kappa shape index (κ2) is 7.86. The van der Waals surface area contributed by atoms with E-state index in [4.69, 9.17) is 16.3 Å². The van der Waals surface area contributed by atoms with Crippen LogP contribution >= 0.6 is 22.9 Å². The predicted octanol–water partition coefficient (Wildman–Crippen LogP) is 3.94. The number of ether oxygens (including phenoxy) is 1. The summed E-state index contributed by atoms with van der Waals surface area (Å²) in [6.07, 6.45) is 0.494. The number of methoxy groups -OCH3 is 1. The molecule has 0 bridgehead atoms. The van der Waals surface area contributed by atoms with Crippen LogP contribution in [0.1, 0.15) is 13.3 Å². The molecular formula is C17H17ClN2O5S3. The van der Waals surface area contributed by atoms with Gasteiger partial charge in [0.1, 0.15) is 5.75 Å². The van der Waals surface area contributed by atoms with Crippen molar-refractivity contribution in [3.05, 3.63) is 41.4 Å². The highest BCUT2D eigenvalue weighted by molar-refractivity contribution is 7.93. The minimum atomic E-state index is -3.88. The first-order valence-corrected chi connectivity index (χ1v) is 12.5. The van der Waals surface area contributed by atoms with Gasteiger partial charge >= 0.3 is 0 Å². The molecule has 0 amide bonds. The molecule has 0 radical (unpaired) electrons. The first-order chi connectivity index (χ1) is 13.2. The molecule has 1 N–H and O–H groups in total. The molecule has 28 heavy (non-hydrogen) atoms. The SMILES string of the molecule is CCCS(=O)(=O)c1nc2ccc(NS(=O)(=O)c3ccc(OC)c(Cl)c3)cc2s1. The minimum Gasteiger partial charge on any atom is -0.495 e. The molecular weight excluding hydrogens is 444 g/mol. The third-order valence-electron chi connectivity index (χ3n) is 3.79. The van der Waals surface area contributed by atoms with Gasteiger partial charge in [0.25, 0.3) is 10.0 Å². The van der Waals surface area contributed by atoms with E-state index in [2.05, 4.69) is 9.71 Å². The maximum absolute atomic E-state index is 12.6. The molecule has 3 aromatic rings. The summed E-state index contributed by atoms with van der Waals surface area (Å²) in [5.74, 6) is 0.386. The summed E-state index contributed by atoms with van der Waals surface area (Å²) >= 11 is 7.02. The summed E-state index contributed by atoms with van der Waals surface area (Å²) in [5.41, 5.74) is 0.789. The van der Waals surface area contributed by atoms with Gasteiger partial charge in [0.05, 0.1) is 38.7 Å². The third-order valence-corrected chi connectivity index (χ3v) is 8.86. The molecule has 150 valence electrons. The number of sulfonamides is 1. The van der Waals surface area contributed by atoms with Gasteiger partial charge < -0.3 is 4.74 Å². The smallest absolute Gasteiger partial charge is 0.261 e. The highest BCUT2D eigenvalue weighted by atomic mass is 35.5. The summed E-state index contributed by atoms with van der Waals surface area (Å²) < 4.78 is 57.7. The Morgan fingerprint density at radius 3 is 2.54 bits per heavy atom. The average Bonchev–Trinajstić information content (AvgIpc) is 3.05. The number of thiazole rings is 1. The molecule has 7 nitrogen and oxygen atoms in total. The van der Waals surface area contributed by atoms with Crippen LogP contribution in [0.2, 0.25) is 5.02 Å². The Kier molecular flexibility index (Phi) is 5.85. The van der Waals surface area contributed by atoms with Crippen LogP contribution in [0.15, 0.2) is 45.6 Å². The van der Waals surface area contributed by atoms with Crippen molar-refractivity contribution in [3.63, 3.8) is 0 Å². The number of benzene rings is 2. The van der Waals surface area contributed by atoms with E-state index in [0.29, 0.717) is 28.1 Å². The second-order valence-electron chi connectivity index (χ2n) is 5.88. The molecule has 3 rings (SSSR count). The van der Waals surface area contributed by atoms with E-state index in [1.54, 1.807) is 19.1 Å². The quantitative estimate of drug-likeness (QED) is 0.572. The summed E-state index contributed by atoms with van der Waals surface area (Å²) in [5, 5.41) is 0.175. The summed E-state index contributed by atoms with van der Waals surface area (Å²) in [7, 11) is -5.88. The van der Waals surface area contributed by atoms with Crippen molar-refractivity contribution in [2.75, 3.05) is 17.6 Å². The largest absolute Gasteiger partial charge is 0.495 e. The van der Waals surface area contributed by atoms with Crippen LogP contribution in [0.5, 0.6) is 5.75 Å². The van der Waals surface area contributed by atoms with Gasteiger partial charge in [0.2, 0.25) is 14.2 Å². The molecule has 0 unspecified atom stereocenters. The summed E-state index contributed by atoms with van der Waals surface area (Å²) in [6.45, 7) is 1.78. The van der Waals surface area contributed by atoms with Crippen molar-refractivity contribution in [1.82, 2.24) is 4.98 Å². The highest BCUT2D eigenvalue weighted by Crippen LogP contribution is 2.31. The Hall–Kier alpha value is -1.88. The van der Waals surface area contributed by atoms with Crippen LogP contribution in [0.4, 0.5) is 5.69 Å². The van der Waals surface area contributed by atoms with Gasteiger partial charge in [-0.05, 0) is 42.8 Å². The number of rotatable bonds is 7. The van der Waals surface area contributed by atoms with Crippen molar-refractivity contribution in [2.45, 2.75) is 22.6 Å². The standard InChI is InChI=1S/C17H17ClN2O5S3/c1-3-8-27(21,22)17-19-14-6-4-11(9-16(14)26-17)20-28(23,24)12-5-7-15(25-2)13(18)10-12/h4-7,9-10,20H,3,8H2,1-2H3. The molecule has 2 aromatic carbocycles. The zero-order valence-corrected chi connectivity index (χ0v) is 18.2. The number of anilines is 1. The number of hydrogen-bond acceptors (Lipinski definition) is 7. The normalized spacial score (nSPS) is 12.2. The molecule has 11 heteroatoms. The Morgan fingerprint density at radius 1 is 1.14 bits per heavy atom. The Balaban J connectivity index is 1.92. The van der Waals surface area contributed by atoms with Crippen LogP contribution in [0.25, 0.3) is 10.2 Å². The molecule has 0 saturated heterocycles. The minimum absolute atomic E-state index is 0.0184. The second-order valence-corrected chi connectivity index (χ2v) is 11.3. The Labute approximate surface area is 172 Å². The average molecular weight is 461 g/mol. The lowest BCUT2D eigenvalue weighted by Crippen LogP contribution is -2.12. The number of hydrogen-bond donors (Lipinski definition) is 1. The van der Waals surface area contributed by atoms with Crippen LogP contribution in [-0.2, 0) is 19.9 Å². The fourth-order valence-electron chi connectivity index (χ4n) is 2.48. The molecule has 1 heterocycles. The maximum atomic E-state index is 12.6. The fourth-order valence-corrected chi connectivity index (χ4v) is 6.60. The molecule has 0 fully saturated rings. The zero-order chi connectivity index (χ0) is 20.5. The van der Waals surface area contributed by atoms with Crippen molar-refractivity contribution in [1.29, 1.82) is 0 Å². The third kappa shape index (κ3) is 4.24. The van der Waals surface area contributed by atoms with E-state index in [1.165, 1.54) is 31.4 Å². The first-order valence-electron chi connectivity index (χ1n) is 8.16. The van der Waals surface area contributed by atoms with Crippen molar-refractivity contribution in [3.8, 4) is 5.75 Å². The van der Waals surface area contributed by atoms with E-state index in [-0.39, 0.29) is 20.0 Å². The Bertz CT molecular complexity index is 1240. The molecule has 0 spiro atoms. The van der Waals surface area contributed by atoms with E-state index in [0.717, 1.165) is 11.3 Å². The molecule has 0 aliphatic carbocycles. The molecule has 1 aromatic heterocycles. The summed E-state index contributed by atoms with van der Waals surface area (Å²) in [4.78, 5) is 4.13. The van der Waals surface area contributed by atoms with Crippen molar-refractivity contribution >= 4 is 58.7 Å². The van der Waals surface area contributed by atoms with Gasteiger partial charge in [-0.15, -0.1) is 11.3 Å². The number of fused-ring (bicyclic) bond motifs is 1. The predicted molar refractivity (Wildman–Crippen MR) is 111 cm³/mol. The maximum Gasteiger partial charge on any atom is 0.261 e. The van der Waals surface area contributed by atoms with Crippen molar-refractivity contribution in [2.24, 2.45) is 0 Å². The molecule has 0 aliphatic heterocycles. The summed E-state index contributed by atoms with van der Waals surface area (Å²) in [6, 6.07) is 8.81. The van der Waals surface area contributed by atoms with E-state index >= 15 is 0 Å². The van der Waals surface area contributed by atoms with Crippen LogP contribution < -0.4 is 9.46 Å². The van der Waals surface area contributed by atoms with Gasteiger partial charge in [-0.3, -0.25) is 4.72 Å². The van der Waals surface area contributed by atoms with Crippen LogP contribution in [0, 0.1) is 0 Å². The molecule has 0 saturated carbocycles. The van der Waals surface area contributed by atoms with Gasteiger partial charge in [-0.1, -0.05) is 18.5 Å². The van der Waals surface area contributed by atoms with Gasteiger partial charge in [0.15, 0.2) is 0 Å². The number of aromatic nitrogens is 1. The lowest BCUT2D eigenvalue weighted by Gasteiger charge is -2.10. The monoisotopic (exact) mass is 460 g/mol. The number of nitrogens with one attached hydrogen (secondary N) is 1. The lowest BCUT2D eigenvalue weighted by molar-refractivity contribution is 0.414. The van der Waals surface area contributed by atoms with Gasteiger partial charge in [-0.25, -0.2) is 21.8 Å². The van der Waals surface area contributed by atoms with Gasteiger partial charge in [0, 0.05) is 0 Å². The molecule has 0 atom stereocenters. The fraction of sp³-hybridized carbons (Fsp3) is 0.235. The van der Waals surface area contributed by atoms with E-state index in [1.807, 2.05) is 0 Å². The number of nitrogens with zero attached hydrogens (tertiary/aromatic N) is 1.